The molecule has 1 aliphatic heterocycles. The van der Waals surface area contributed by atoms with Crippen LogP contribution in [0, 0.1) is 11.8 Å². The Balaban J connectivity index is 2.93. The number of carbonyl (C=O) groups is 1. The fraction of sp³-hybridized carbons (Fsp3) is 0.900. The van der Waals surface area contributed by atoms with Crippen LogP contribution in [0.1, 0.15) is 27.7 Å². The average molecular weight is 186 g/mol. The zero-order chi connectivity index (χ0) is 10.1. The van der Waals surface area contributed by atoms with E-state index in [2.05, 4.69) is 0 Å². The van der Waals surface area contributed by atoms with Gasteiger partial charge in [0.25, 0.3) is 0 Å². The van der Waals surface area contributed by atoms with Crippen LogP contribution >= 0.6 is 0 Å². The normalized spacial score (nSPS) is 22.2. The van der Waals surface area contributed by atoms with Gasteiger partial charge in [-0.1, -0.05) is 27.7 Å². The minimum Gasteiger partial charge on any atom is -0.461 e. The molecule has 0 spiro atoms. The first-order valence-electron chi connectivity index (χ1n) is 4.83. The molecular formula is C10H18O3. The van der Waals surface area contributed by atoms with E-state index in [-0.39, 0.29) is 17.8 Å². The summed E-state index contributed by atoms with van der Waals surface area (Å²) in [5.74, 6) is 0.101. The SMILES string of the molecule is CC(C)C1(C(C)C)OCCOC1=O. The van der Waals surface area contributed by atoms with Gasteiger partial charge in [0.2, 0.25) is 0 Å². The largest absolute Gasteiger partial charge is 0.461 e. The molecule has 0 radical (unpaired) electrons. The van der Waals surface area contributed by atoms with Crippen molar-refractivity contribution in [1.29, 1.82) is 0 Å². The van der Waals surface area contributed by atoms with E-state index >= 15 is 0 Å². The lowest BCUT2D eigenvalue weighted by molar-refractivity contribution is -0.209. The van der Waals surface area contributed by atoms with Gasteiger partial charge < -0.3 is 9.47 Å². The van der Waals surface area contributed by atoms with Crippen LogP contribution in [0.15, 0.2) is 0 Å². The molecule has 0 bridgehead atoms. The highest BCUT2D eigenvalue weighted by Crippen LogP contribution is 2.33. The van der Waals surface area contributed by atoms with E-state index < -0.39 is 5.60 Å². The molecule has 3 nitrogen and oxygen atoms in total. The van der Waals surface area contributed by atoms with Gasteiger partial charge in [-0.05, 0) is 11.8 Å². The maximum atomic E-state index is 11.7. The third kappa shape index (κ3) is 1.57. The number of esters is 1. The number of hydrogen-bond acceptors (Lipinski definition) is 3. The monoisotopic (exact) mass is 186 g/mol. The molecule has 0 aromatic heterocycles. The first-order chi connectivity index (χ1) is 6.01. The van der Waals surface area contributed by atoms with Gasteiger partial charge in [-0.15, -0.1) is 0 Å². The number of ether oxygens (including phenoxy) is 2. The Bertz CT molecular complexity index is 188. The summed E-state index contributed by atoms with van der Waals surface area (Å²) in [6.45, 7) is 8.88. The van der Waals surface area contributed by atoms with Crippen LogP contribution in [0.3, 0.4) is 0 Å². The summed E-state index contributed by atoms with van der Waals surface area (Å²) in [7, 11) is 0. The second kappa shape index (κ2) is 3.66. The minimum absolute atomic E-state index is 0.153. The number of hydrogen-bond donors (Lipinski definition) is 0. The van der Waals surface area contributed by atoms with E-state index in [0.29, 0.717) is 13.2 Å². The Kier molecular flexibility index (Phi) is 2.96. The molecular weight excluding hydrogens is 168 g/mol. The van der Waals surface area contributed by atoms with E-state index in [9.17, 15) is 4.79 Å². The highest BCUT2D eigenvalue weighted by Gasteiger charge is 2.49. The van der Waals surface area contributed by atoms with Gasteiger partial charge in [-0.2, -0.15) is 0 Å². The number of cyclic esters (lactones) is 1. The van der Waals surface area contributed by atoms with Crippen LogP contribution < -0.4 is 0 Å². The van der Waals surface area contributed by atoms with Crippen molar-refractivity contribution < 1.29 is 14.3 Å². The molecule has 1 saturated heterocycles. The minimum atomic E-state index is -0.724. The summed E-state index contributed by atoms with van der Waals surface area (Å²) >= 11 is 0. The summed E-state index contributed by atoms with van der Waals surface area (Å²) in [5.41, 5.74) is -0.724. The van der Waals surface area contributed by atoms with Crippen LogP contribution in [-0.2, 0) is 14.3 Å². The molecule has 3 heteroatoms. The van der Waals surface area contributed by atoms with Crippen molar-refractivity contribution in [3.05, 3.63) is 0 Å². The average Bonchev–Trinajstić information content (AvgIpc) is 2.04. The molecule has 0 aromatic rings. The zero-order valence-corrected chi connectivity index (χ0v) is 8.79. The zero-order valence-electron chi connectivity index (χ0n) is 8.79. The molecule has 0 aliphatic carbocycles. The lowest BCUT2D eigenvalue weighted by atomic mass is 9.80. The number of rotatable bonds is 2. The summed E-state index contributed by atoms with van der Waals surface area (Å²) in [5, 5.41) is 0. The van der Waals surface area contributed by atoms with Crippen LogP contribution in [-0.4, -0.2) is 24.8 Å². The smallest absolute Gasteiger partial charge is 0.339 e. The second-order valence-corrected chi connectivity index (χ2v) is 4.09. The third-order valence-corrected chi connectivity index (χ3v) is 2.69. The van der Waals surface area contributed by atoms with E-state index in [1.807, 2.05) is 27.7 Å². The number of carbonyl (C=O) groups excluding carboxylic acids is 1. The maximum absolute atomic E-state index is 11.7. The van der Waals surface area contributed by atoms with E-state index in [0.717, 1.165) is 0 Å². The summed E-state index contributed by atoms with van der Waals surface area (Å²) in [6.07, 6.45) is 0. The van der Waals surface area contributed by atoms with Crippen LogP contribution in [0.2, 0.25) is 0 Å². The standard InChI is InChI=1S/C10H18O3/c1-7(2)10(8(3)4)9(11)12-5-6-13-10/h7-8H,5-6H2,1-4H3. The molecule has 0 N–H and O–H groups in total. The predicted molar refractivity (Wildman–Crippen MR) is 49.3 cm³/mol. The summed E-state index contributed by atoms with van der Waals surface area (Å²) < 4.78 is 10.7. The van der Waals surface area contributed by atoms with Crippen molar-refractivity contribution in [2.75, 3.05) is 13.2 Å². The van der Waals surface area contributed by atoms with Gasteiger partial charge in [0, 0.05) is 0 Å². The highest BCUT2D eigenvalue weighted by molar-refractivity contribution is 5.80. The fourth-order valence-electron chi connectivity index (χ4n) is 1.99. The molecule has 0 unspecified atom stereocenters. The van der Waals surface area contributed by atoms with Gasteiger partial charge >= 0.3 is 5.97 Å². The molecule has 0 aromatic carbocycles. The predicted octanol–water partition coefficient (Wildman–Crippen LogP) is 1.61. The molecule has 1 aliphatic rings. The molecule has 1 rings (SSSR count). The maximum Gasteiger partial charge on any atom is 0.339 e. The lowest BCUT2D eigenvalue weighted by Gasteiger charge is -2.41. The second-order valence-electron chi connectivity index (χ2n) is 4.09. The Labute approximate surface area is 79.4 Å². The van der Waals surface area contributed by atoms with Crippen molar-refractivity contribution in [3.63, 3.8) is 0 Å². The van der Waals surface area contributed by atoms with Gasteiger partial charge in [-0.3, -0.25) is 0 Å². The highest BCUT2D eigenvalue weighted by atomic mass is 16.6. The lowest BCUT2D eigenvalue weighted by Crippen LogP contribution is -2.55. The van der Waals surface area contributed by atoms with Crippen molar-refractivity contribution in [2.45, 2.75) is 33.3 Å². The topological polar surface area (TPSA) is 35.5 Å². The van der Waals surface area contributed by atoms with Gasteiger partial charge in [0.15, 0.2) is 5.60 Å². The molecule has 13 heavy (non-hydrogen) atoms. The van der Waals surface area contributed by atoms with Crippen LogP contribution in [0.5, 0.6) is 0 Å². The molecule has 0 amide bonds. The molecule has 76 valence electrons. The van der Waals surface area contributed by atoms with Gasteiger partial charge in [-0.25, -0.2) is 4.79 Å². The first-order valence-corrected chi connectivity index (χ1v) is 4.83. The molecule has 1 fully saturated rings. The van der Waals surface area contributed by atoms with E-state index in [4.69, 9.17) is 9.47 Å². The summed E-state index contributed by atoms with van der Waals surface area (Å²) in [4.78, 5) is 11.7. The Morgan fingerprint density at radius 3 is 2.00 bits per heavy atom. The van der Waals surface area contributed by atoms with Crippen molar-refractivity contribution >= 4 is 5.97 Å². The molecule has 0 saturated carbocycles. The quantitative estimate of drug-likeness (QED) is 0.615. The Morgan fingerprint density at radius 1 is 1.15 bits per heavy atom. The summed E-state index contributed by atoms with van der Waals surface area (Å²) in [6, 6.07) is 0. The van der Waals surface area contributed by atoms with E-state index in [1.54, 1.807) is 0 Å². The molecule has 1 heterocycles. The fourth-order valence-corrected chi connectivity index (χ4v) is 1.99. The van der Waals surface area contributed by atoms with E-state index in [1.165, 1.54) is 0 Å². The van der Waals surface area contributed by atoms with Crippen LogP contribution in [0.4, 0.5) is 0 Å². The van der Waals surface area contributed by atoms with Crippen LogP contribution in [0.25, 0.3) is 0 Å². The van der Waals surface area contributed by atoms with Gasteiger partial charge in [0.05, 0.1) is 6.61 Å². The first kappa shape index (κ1) is 10.5. The van der Waals surface area contributed by atoms with Crippen molar-refractivity contribution in [3.8, 4) is 0 Å². The Hall–Kier alpha value is -0.570. The molecule has 0 atom stereocenters. The van der Waals surface area contributed by atoms with Gasteiger partial charge in [0.1, 0.15) is 6.61 Å². The van der Waals surface area contributed by atoms with Crippen molar-refractivity contribution in [2.24, 2.45) is 11.8 Å². The Morgan fingerprint density at radius 2 is 1.69 bits per heavy atom. The third-order valence-electron chi connectivity index (χ3n) is 2.69. The van der Waals surface area contributed by atoms with Crippen molar-refractivity contribution in [1.82, 2.24) is 0 Å².